The average molecular weight is 275 g/mol. The summed E-state index contributed by atoms with van der Waals surface area (Å²) in [5.74, 6) is -0.0598. The third-order valence-corrected chi connectivity index (χ3v) is 2.92. The van der Waals surface area contributed by atoms with Crippen LogP contribution >= 0.6 is 0 Å². The number of hydrogen-bond acceptors (Lipinski definition) is 5. The van der Waals surface area contributed by atoms with Crippen LogP contribution in [0.2, 0.25) is 0 Å². The smallest absolute Gasteiger partial charge is 0.224 e. The summed E-state index contributed by atoms with van der Waals surface area (Å²) in [6.45, 7) is 2.04. The van der Waals surface area contributed by atoms with Gasteiger partial charge in [0.15, 0.2) is 0 Å². The normalized spacial score (nSPS) is 10.5. The second kappa shape index (κ2) is 6.76. The van der Waals surface area contributed by atoms with Crippen molar-refractivity contribution in [3.05, 3.63) is 30.1 Å². The van der Waals surface area contributed by atoms with Gasteiger partial charge in [-0.2, -0.15) is 0 Å². The van der Waals surface area contributed by atoms with Crippen LogP contribution in [-0.2, 0) is 4.79 Å². The highest BCUT2D eigenvalue weighted by Gasteiger charge is 2.07. The van der Waals surface area contributed by atoms with Crippen LogP contribution in [0, 0.1) is 6.92 Å². The Morgan fingerprint density at radius 3 is 2.95 bits per heavy atom. The number of hydrogen-bond donors (Lipinski definition) is 2. The first-order valence-electron chi connectivity index (χ1n) is 6.45. The van der Waals surface area contributed by atoms with Crippen LogP contribution in [-0.4, -0.2) is 37.8 Å². The Hall–Kier alpha value is -2.28. The molecule has 1 aromatic carbocycles. The van der Waals surface area contributed by atoms with Crippen molar-refractivity contribution >= 4 is 11.6 Å². The number of carbonyl (C=O) groups is 1. The molecule has 106 valence electrons. The van der Waals surface area contributed by atoms with E-state index >= 15 is 0 Å². The molecule has 0 aliphatic rings. The van der Waals surface area contributed by atoms with E-state index in [-0.39, 0.29) is 12.5 Å². The van der Waals surface area contributed by atoms with Crippen molar-refractivity contribution in [2.75, 3.05) is 11.9 Å². The highest BCUT2D eigenvalue weighted by Crippen LogP contribution is 2.19. The summed E-state index contributed by atoms with van der Waals surface area (Å²) in [7, 11) is 0. The molecule has 0 radical (unpaired) electrons. The van der Waals surface area contributed by atoms with E-state index in [9.17, 15) is 4.79 Å². The number of unbranched alkanes of at least 4 members (excludes halogenated alkanes) is 1. The van der Waals surface area contributed by atoms with Gasteiger partial charge in [-0.05, 0) is 47.9 Å². The fourth-order valence-electron chi connectivity index (χ4n) is 1.78. The molecule has 0 atom stereocenters. The molecule has 2 aromatic rings. The van der Waals surface area contributed by atoms with E-state index in [1.54, 1.807) is 0 Å². The third kappa shape index (κ3) is 3.61. The van der Waals surface area contributed by atoms with Crippen LogP contribution < -0.4 is 5.32 Å². The van der Waals surface area contributed by atoms with E-state index in [0.29, 0.717) is 19.3 Å². The molecule has 0 unspecified atom stereocenters. The Morgan fingerprint density at radius 1 is 1.40 bits per heavy atom. The number of amides is 1. The molecule has 0 saturated carbocycles. The number of tetrazole rings is 1. The number of nitrogens with zero attached hydrogens (tertiary/aromatic N) is 4. The first kappa shape index (κ1) is 14.1. The minimum absolute atomic E-state index is 0.0598. The predicted octanol–water partition coefficient (Wildman–Crippen LogP) is 1.07. The minimum atomic E-state index is -0.0598. The Labute approximate surface area is 116 Å². The van der Waals surface area contributed by atoms with Crippen molar-refractivity contribution in [3.63, 3.8) is 0 Å². The maximum Gasteiger partial charge on any atom is 0.224 e. The lowest BCUT2D eigenvalue weighted by Gasteiger charge is -2.10. The largest absolute Gasteiger partial charge is 0.396 e. The van der Waals surface area contributed by atoms with E-state index in [0.717, 1.165) is 16.9 Å². The van der Waals surface area contributed by atoms with Gasteiger partial charge >= 0.3 is 0 Å². The predicted molar refractivity (Wildman–Crippen MR) is 73.5 cm³/mol. The van der Waals surface area contributed by atoms with Gasteiger partial charge in [0.2, 0.25) is 5.91 Å². The van der Waals surface area contributed by atoms with Crippen molar-refractivity contribution in [2.45, 2.75) is 26.2 Å². The zero-order chi connectivity index (χ0) is 14.4. The number of aliphatic hydroxyl groups excluding tert-OH is 1. The van der Waals surface area contributed by atoms with Crippen LogP contribution in [0.4, 0.5) is 5.69 Å². The van der Waals surface area contributed by atoms with Crippen molar-refractivity contribution in [2.24, 2.45) is 0 Å². The van der Waals surface area contributed by atoms with Gasteiger partial charge in [0.25, 0.3) is 0 Å². The number of aliphatic hydroxyl groups is 1. The summed E-state index contributed by atoms with van der Waals surface area (Å²) in [5, 5.41) is 22.5. The molecule has 0 spiro atoms. The molecule has 7 heteroatoms. The van der Waals surface area contributed by atoms with Gasteiger partial charge in [0.1, 0.15) is 6.33 Å². The molecular formula is C13H17N5O2. The lowest BCUT2D eigenvalue weighted by Crippen LogP contribution is -2.12. The average Bonchev–Trinajstić information content (AvgIpc) is 2.95. The number of aryl methyl sites for hydroxylation is 1. The van der Waals surface area contributed by atoms with Crippen LogP contribution in [0.5, 0.6) is 0 Å². The minimum Gasteiger partial charge on any atom is -0.396 e. The van der Waals surface area contributed by atoms with Gasteiger partial charge in [-0.1, -0.05) is 6.07 Å². The number of carbonyl (C=O) groups excluding carboxylic acids is 1. The van der Waals surface area contributed by atoms with Crippen molar-refractivity contribution in [1.29, 1.82) is 0 Å². The van der Waals surface area contributed by atoms with E-state index in [4.69, 9.17) is 5.11 Å². The Kier molecular flexibility index (Phi) is 4.78. The topological polar surface area (TPSA) is 92.9 Å². The van der Waals surface area contributed by atoms with Crippen molar-refractivity contribution < 1.29 is 9.90 Å². The van der Waals surface area contributed by atoms with Gasteiger partial charge in [-0.3, -0.25) is 4.79 Å². The zero-order valence-corrected chi connectivity index (χ0v) is 11.3. The maximum atomic E-state index is 11.8. The summed E-state index contributed by atoms with van der Waals surface area (Å²) in [4.78, 5) is 11.8. The van der Waals surface area contributed by atoms with Gasteiger partial charge in [-0.25, -0.2) is 4.68 Å². The molecule has 1 amide bonds. The highest BCUT2D eigenvalue weighted by atomic mass is 16.3. The number of benzene rings is 1. The Balaban J connectivity index is 2.07. The van der Waals surface area contributed by atoms with Crippen LogP contribution in [0.1, 0.15) is 24.8 Å². The molecule has 7 nitrogen and oxygen atoms in total. The van der Waals surface area contributed by atoms with Crippen molar-refractivity contribution in [1.82, 2.24) is 20.2 Å². The van der Waals surface area contributed by atoms with Gasteiger partial charge in [0.05, 0.1) is 5.69 Å². The first-order chi connectivity index (χ1) is 9.70. The monoisotopic (exact) mass is 275 g/mol. The standard InChI is InChI=1S/C13H17N5O2/c1-10-5-6-11(18-9-14-16-17-18)8-12(10)15-13(20)4-2-3-7-19/h5-6,8-9,19H,2-4,7H2,1H3,(H,15,20). The lowest BCUT2D eigenvalue weighted by atomic mass is 10.1. The van der Waals surface area contributed by atoms with Gasteiger partial charge in [0, 0.05) is 18.7 Å². The summed E-state index contributed by atoms with van der Waals surface area (Å²) in [6, 6.07) is 5.61. The third-order valence-electron chi connectivity index (χ3n) is 2.92. The number of nitrogens with one attached hydrogen (secondary N) is 1. The zero-order valence-electron chi connectivity index (χ0n) is 11.3. The molecule has 0 bridgehead atoms. The Morgan fingerprint density at radius 2 is 2.25 bits per heavy atom. The second-order valence-electron chi connectivity index (χ2n) is 4.48. The molecule has 0 aliphatic heterocycles. The summed E-state index contributed by atoms with van der Waals surface area (Å²) < 4.78 is 1.53. The van der Waals surface area contributed by atoms with Crippen LogP contribution in [0.15, 0.2) is 24.5 Å². The van der Waals surface area contributed by atoms with E-state index in [2.05, 4.69) is 20.8 Å². The molecule has 0 saturated heterocycles. The number of aromatic nitrogens is 4. The fraction of sp³-hybridized carbons (Fsp3) is 0.385. The molecule has 1 heterocycles. The molecule has 0 fully saturated rings. The molecule has 0 aliphatic carbocycles. The molecular weight excluding hydrogens is 258 g/mol. The van der Waals surface area contributed by atoms with Crippen molar-refractivity contribution in [3.8, 4) is 5.69 Å². The molecule has 2 rings (SSSR count). The fourth-order valence-corrected chi connectivity index (χ4v) is 1.78. The Bertz CT molecular complexity index is 568. The number of rotatable bonds is 6. The molecule has 2 N–H and O–H groups in total. The van der Waals surface area contributed by atoms with Gasteiger partial charge in [-0.15, -0.1) is 5.10 Å². The van der Waals surface area contributed by atoms with Crippen LogP contribution in [0.25, 0.3) is 5.69 Å². The molecule has 1 aromatic heterocycles. The number of anilines is 1. The lowest BCUT2D eigenvalue weighted by molar-refractivity contribution is -0.116. The second-order valence-corrected chi connectivity index (χ2v) is 4.48. The van der Waals surface area contributed by atoms with E-state index < -0.39 is 0 Å². The summed E-state index contributed by atoms with van der Waals surface area (Å²) in [6.07, 6.45) is 3.21. The quantitative estimate of drug-likeness (QED) is 0.769. The summed E-state index contributed by atoms with van der Waals surface area (Å²) in [5.41, 5.74) is 2.50. The highest BCUT2D eigenvalue weighted by molar-refractivity contribution is 5.91. The van der Waals surface area contributed by atoms with Crippen LogP contribution in [0.3, 0.4) is 0 Å². The van der Waals surface area contributed by atoms with E-state index in [1.807, 2.05) is 25.1 Å². The summed E-state index contributed by atoms with van der Waals surface area (Å²) >= 11 is 0. The van der Waals surface area contributed by atoms with E-state index in [1.165, 1.54) is 11.0 Å². The first-order valence-corrected chi connectivity index (χ1v) is 6.45. The maximum absolute atomic E-state index is 11.8. The van der Waals surface area contributed by atoms with Gasteiger partial charge < -0.3 is 10.4 Å². The molecule has 20 heavy (non-hydrogen) atoms. The SMILES string of the molecule is Cc1ccc(-n2cnnn2)cc1NC(=O)CCCCO.